The molecular formula is C21H22BrFN2O2. The van der Waals surface area contributed by atoms with Gasteiger partial charge in [0.15, 0.2) is 0 Å². The monoisotopic (exact) mass is 432 g/mol. The molecular weight excluding hydrogens is 411 g/mol. The fourth-order valence-electron chi connectivity index (χ4n) is 3.31. The second-order valence-electron chi connectivity index (χ2n) is 6.79. The Labute approximate surface area is 166 Å². The Morgan fingerprint density at radius 1 is 1.19 bits per heavy atom. The first-order valence-corrected chi connectivity index (χ1v) is 9.85. The fourth-order valence-corrected chi connectivity index (χ4v) is 3.71. The Morgan fingerprint density at radius 3 is 2.74 bits per heavy atom. The van der Waals surface area contributed by atoms with E-state index in [2.05, 4.69) is 21.2 Å². The van der Waals surface area contributed by atoms with Gasteiger partial charge in [-0.1, -0.05) is 46.3 Å². The van der Waals surface area contributed by atoms with Crippen LogP contribution >= 0.6 is 15.9 Å². The number of hydrogen-bond donors (Lipinski definition) is 1. The van der Waals surface area contributed by atoms with Gasteiger partial charge in [0.05, 0.1) is 12.3 Å². The van der Waals surface area contributed by atoms with E-state index in [9.17, 15) is 14.0 Å². The topological polar surface area (TPSA) is 49.4 Å². The van der Waals surface area contributed by atoms with Crippen LogP contribution in [-0.4, -0.2) is 29.8 Å². The van der Waals surface area contributed by atoms with E-state index in [1.165, 1.54) is 6.07 Å². The molecule has 0 bridgehead atoms. The number of benzene rings is 2. The summed E-state index contributed by atoms with van der Waals surface area (Å²) >= 11 is 3.31. The van der Waals surface area contributed by atoms with Crippen LogP contribution < -0.4 is 5.32 Å². The molecule has 6 heteroatoms. The van der Waals surface area contributed by atoms with Crippen LogP contribution in [0.2, 0.25) is 0 Å². The van der Waals surface area contributed by atoms with E-state index in [1.54, 1.807) is 17.0 Å². The zero-order chi connectivity index (χ0) is 19.2. The summed E-state index contributed by atoms with van der Waals surface area (Å²) in [6.07, 6.45) is 1.88. The van der Waals surface area contributed by atoms with E-state index in [-0.39, 0.29) is 30.1 Å². The molecule has 0 radical (unpaired) electrons. The molecule has 27 heavy (non-hydrogen) atoms. The van der Waals surface area contributed by atoms with Crippen molar-refractivity contribution in [2.45, 2.75) is 25.8 Å². The Bertz CT molecular complexity index is 813. The summed E-state index contributed by atoms with van der Waals surface area (Å²) < 4.78 is 14.6. The Balaban J connectivity index is 1.54. The SMILES string of the molecule is O=C(NCc1cc(Br)ccc1F)C1CCCN(C(=O)Cc2ccccc2)C1. The summed E-state index contributed by atoms with van der Waals surface area (Å²) in [5, 5.41) is 2.81. The first-order chi connectivity index (χ1) is 13.0. The fraction of sp³-hybridized carbons (Fsp3) is 0.333. The molecule has 2 aromatic carbocycles. The van der Waals surface area contributed by atoms with Crippen molar-refractivity contribution in [2.75, 3.05) is 13.1 Å². The van der Waals surface area contributed by atoms with Crippen molar-refractivity contribution in [1.29, 1.82) is 0 Å². The Kier molecular flexibility index (Phi) is 6.61. The van der Waals surface area contributed by atoms with Gasteiger partial charge in [0.2, 0.25) is 11.8 Å². The smallest absolute Gasteiger partial charge is 0.227 e. The van der Waals surface area contributed by atoms with E-state index in [4.69, 9.17) is 0 Å². The maximum Gasteiger partial charge on any atom is 0.227 e. The van der Waals surface area contributed by atoms with Crippen molar-refractivity contribution in [2.24, 2.45) is 5.92 Å². The molecule has 2 aromatic rings. The maximum atomic E-state index is 13.8. The van der Waals surface area contributed by atoms with Crippen LogP contribution in [0.25, 0.3) is 0 Å². The van der Waals surface area contributed by atoms with Crippen LogP contribution in [0.15, 0.2) is 53.0 Å². The van der Waals surface area contributed by atoms with Crippen LogP contribution in [0.3, 0.4) is 0 Å². The molecule has 1 aliphatic rings. The van der Waals surface area contributed by atoms with Gasteiger partial charge >= 0.3 is 0 Å². The molecule has 1 heterocycles. The molecule has 0 saturated carbocycles. The van der Waals surface area contributed by atoms with Crippen LogP contribution in [0.5, 0.6) is 0 Å². The quantitative estimate of drug-likeness (QED) is 0.782. The van der Waals surface area contributed by atoms with Crippen molar-refractivity contribution in [3.05, 3.63) is 69.9 Å². The Morgan fingerprint density at radius 2 is 1.96 bits per heavy atom. The summed E-state index contributed by atoms with van der Waals surface area (Å²) in [7, 11) is 0. The maximum absolute atomic E-state index is 13.8. The standard InChI is InChI=1S/C21H22BrFN2O2/c22-18-8-9-19(23)17(12-18)13-24-21(27)16-7-4-10-25(14-16)20(26)11-15-5-2-1-3-6-15/h1-3,5-6,8-9,12,16H,4,7,10-11,13-14H2,(H,24,27). The lowest BCUT2D eigenvalue weighted by molar-refractivity contribution is -0.135. The van der Waals surface area contributed by atoms with Gasteiger partial charge in [-0.2, -0.15) is 0 Å². The number of nitrogens with one attached hydrogen (secondary N) is 1. The van der Waals surface area contributed by atoms with Crippen LogP contribution in [-0.2, 0) is 22.6 Å². The highest BCUT2D eigenvalue weighted by molar-refractivity contribution is 9.10. The van der Waals surface area contributed by atoms with Crippen molar-refractivity contribution >= 4 is 27.7 Å². The number of likely N-dealkylation sites (tertiary alicyclic amines) is 1. The van der Waals surface area contributed by atoms with Gasteiger partial charge in [0, 0.05) is 29.7 Å². The van der Waals surface area contributed by atoms with Gasteiger partial charge in [-0.15, -0.1) is 0 Å². The summed E-state index contributed by atoms with van der Waals surface area (Å²) in [5.74, 6) is -0.696. The Hall–Kier alpha value is -2.21. The zero-order valence-corrected chi connectivity index (χ0v) is 16.5. The molecule has 1 atom stereocenters. The molecule has 4 nitrogen and oxygen atoms in total. The van der Waals surface area contributed by atoms with E-state index in [0.29, 0.717) is 25.1 Å². The second-order valence-corrected chi connectivity index (χ2v) is 7.71. The van der Waals surface area contributed by atoms with E-state index < -0.39 is 0 Å². The normalized spacial score (nSPS) is 16.8. The number of carbonyl (C=O) groups is 2. The number of halogens is 2. The second kappa shape index (κ2) is 9.13. The van der Waals surface area contributed by atoms with Gasteiger partial charge in [0.25, 0.3) is 0 Å². The summed E-state index contributed by atoms with van der Waals surface area (Å²) in [5.41, 5.74) is 1.41. The number of rotatable bonds is 5. The predicted octanol–water partition coefficient (Wildman–Crippen LogP) is 3.69. The molecule has 142 valence electrons. The predicted molar refractivity (Wildman–Crippen MR) is 105 cm³/mol. The largest absolute Gasteiger partial charge is 0.352 e. The zero-order valence-electron chi connectivity index (χ0n) is 15.0. The molecule has 1 N–H and O–H groups in total. The molecule has 0 aliphatic carbocycles. The van der Waals surface area contributed by atoms with Crippen LogP contribution in [0.4, 0.5) is 4.39 Å². The third-order valence-corrected chi connectivity index (χ3v) is 5.30. The van der Waals surface area contributed by atoms with Gasteiger partial charge < -0.3 is 10.2 Å². The van der Waals surface area contributed by atoms with E-state index >= 15 is 0 Å². The minimum absolute atomic E-state index is 0.0386. The average Bonchev–Trinajstić information content (AvgIpc) is 2.69. The van der Waals surface area contributed by atoms with E-state index in [1.807, 2.05) is 30.3 Å². The number of amides is 2. The lowest BCUT2D eigenvalue weighted by Gasteiger charge is -2.32. The minimum atomic E-state index is -0.346. The molecule has 0 spiro atoms. The average molecular weight is 433 g/mol. The number of nitrogens with zero attached hydrogens (tertiary/aromatic N) is 1. The highest BCUT2D eigenvalue weighted by Crippen LogP contribution is 2.19. The van der Waals surface area contributed by atoms with Crippen molar-refractivity contribution in [1.82, 2.24) is 10.2 Å². The minimum Gasteiger partial charge on any atom is -0.352 e. The molecule has 1 unspecified atom stereocenters. The third kappa shape index (κ3) is 5.39. The lowest BCUT2D eigenvalue weighted by Crippen LogP contribution is -2.45. The van der Waals surface area contributed by atoms with Crippen LogP contribution in [0, 0.1) is 11.7 Å². The number of hydrogen-bond acceptors (Lipinski definition) is 2. The highest BCUT2D eigenvalue weighted by Gasteiger charge is 2.28. The van der Waals surface area contributed by atoms with Gasteiger partial charge in [-0.25, -0.2) is 4.39 Å². The third-order valence-electron chi connectivity index (χ3n) is 4.80. The van der Waals surface area contributed by atoms with Gasteiger partial charge in [-0.05, 0) is 36.6 Å². The lowest BCUT2D eigenvalue weighted by atomic mass is 9.96. The first kappa shape index (κ1) is 19.5. The van der Waals surface area contributed by atoms with Crippen molar-refractivity contribution < 1.29 is 14.0 Å². The molecule has 2 amide bonds. The summed E-state index contributed by atoms with van der Waals surface area (Å²) in [6, 6.07) is 14.3. The van der Waals surface area contributed by atoms with Crippen molar-refractivity contribution in [3.63, 3.8) is 0 Å². The number of piperidine rings is 1. The van der Waals surface area contributed by atoms with Crippen molar-refractivity contribution in [3.8, 4) is 0 Å². The van der Waals surface area contributed by atoms with Crippen LogP contribution in [0.1, 0.15) is 24.0 Å². The molecule has 0 aromatic heterocycles. The molecule has 3 rings (SSSR count). The van der Waals surface area contributed by atoms with Gasteiger partial charge in [0.1, 0.15) is 5.82 Å². The summed E-state index contributed by atoms with van der Waals surface area (Å²) in [4.78, 5) is 26.8. The molecule has 1 fully saturated rings. The number of carbonyl (C=O) groups excluding carboxylic acids is 2. The first-order valence-electron chi connectivity index (χ1n) is 9.06. The summed E-state index contributed by atoms with van der Waals surface area (Å²) in [6.45, 7) is 1.23. The highest BCUT2D eigenvalue weighted by atomic mass is 79.9. The van der Waals surface area contributed by atoms with Gasteiger partial charge in [-0.3, -0.25) is 9.59 Å². The molecule has 1 saturated heterocycles. The van der Waals surface area contributed by atoms with E-state index in [0.717, 1.165) is 22.9 Å². The molecule has 1 aliphatic heterocycles.